The fraction of sp³-hybridized carbons (Fsp3) is 0.520. The largest absolute Gasteiger partial charge is 0.504 e. The molecule has 2 aromatic carbocycles. The smallest absolute Gasteiger partial charge is 0.229 e. The maximum Gasteiger partial charge on any atom is 0.229 e. The molecule has 1 fully saturated rings. The first-order valence-electron chi connectivity index (χ1n) is 11.8. The van der Waals surface area contributed by atoms with Gasteiger partial charge in [0.25, 0.3) is 0 Å². The first-order chi connectivity index (χ1) is 17.7. The summed E-state index contributed by atoms with van der Waals surface area (Å²) in [5, 5.41) is 62.7. The highest BCUT2D eigenvalue weighted by Gasteiger charge is 2.45. The van der Waals surface area contributed by atoms with Crippen molar-refractivity contribution in [2.75, 3.05) is 34.5 Å². The molecule has 6 N–H and O–H groups in total. The van der Waals surface area contributed by atoms with Crippen molar-refractivity contribution < 1.29 is 54.4 Å². The van der Waals surface area contributed by atoms with Crippen LogP contribution in [0.5, 0.6) is 28.7 Å². The maximum atomic E-state index is 10.5. The molecule has 12 heteroatoms. The Morgan fingerprint density at radius 2 is 1.57 bits per heavy atom. The predicted molar refractivity (Wildman–Crippen MR) is 128 cm³/mol. The first-order valence-corrected chi connectivity index (χ1v) is 11.8. The van der Waals surface area contributed by atoms with Crippen molar-refractivity contribution in [2.24, 2.45) is 0 Å². The second kappa shape index (κ2) is 11.3. The number of hydrogen-bond donors (Lipinski definition) is 6. The zero-order chi connectivity index (χ0) is 26.9. The van der Waals surface area contributed by atoms with Crippen LogP contribution in [0.2, 0.25) is 0 Å². The predicted octanol–water partition coefficient (Wildman–Crippen LogP) is -0.00300. The Kier molecular flexibility index (Phi) is 8.29. The van der Waals surface area contributed by atoms with E-state index in [1.54, 1.807) is 30.4 Å². The molecule has 0 bridgehead atoms. The van der Waals surface area contributed by atoms with Crippen LogP contribution in [0.25, 0.3) is 0 Å². The van der Waals surface area contributed by atoms with Crippen LogP contribution in [-0.4, -0.2) is 101 Å². The molecule has 12 nitrogen and oxygen atoms in total. The number of fused-ring (bicyclic) bond motifs is 1. The Labute approximate surface area is 213 Å². The lowest BCUT2D eigenvalue weighted by Gasteiger charge is -2.40. The highest BCUT2D eigenvalue weighted by molar-refractivity contribution is 5.52. The van der Waals surface area contributed by atoms with Crippen molar-refractivity contribution in [3.05, 3.63) is 41.0 Å². The number of nitrogens with zero attached hydrogens (tertiary/aromatic N) is 1. The lowest BCUT2D eigenvalue weighted by Crippen LogP contribution is -2.60. The van der Waals surface area contributed by atoms with Gasteiger partial charge in [0, 0.05) is 18.2 Å². The SMILES string of the molecule is COc1cc(CC2c3cc(OC)c(O)cc3CCN2OC)c(O[C@@H]2O[C@H](CO)[C@@H](O)[C@H](O)[C@H]2O)cc1O. The molecule has 37 heavy (non-hydrogen) atoms. The molecular formula is C25H33NO11. The Balaban J connectivity index is 1.72. The lowest BCUT2D eigenvalue weighted by atomic mass is 9.89. The number of aliphatic hydroxyl groups is 4. The van der Waals surface area contributed by atoms with Crippen molar-refractivity contribution in [3.8, 4) is 28.7 Å². The molecule has 0 saturated carbocycles. The summed E-state index contributed by atoms with van der Waals surface area (Å²) in [4.78, 5) is 5.63. The summed E-state index contributed by atoms with van der Waals surface area (Å²) in [5.74, 6) is 0.410. The van der Waals surface area contributed by atoms with Gasteiger partial charge in [-0.05, 0) is 42.2 Å². The van der Waals surface area contributed by atoms with E-state index < -0.39 is 37.3 Å². The number of phenolic OH excluding ortho intramolecular Hbond substituents is 2. The summed E-state index contributed by atoms with van der Waals surface area (Å²) in [6.45, 7) is -0.0695. The van der Waals surface area contributed by atoms with Gasteiger partial charge < -0.3 is 54.4 Å². The number of hydrogen-bond acceptors (Lipinski definition) is 12. The average Bonchev–Trinajstić information content (AvgIpc) is 2.89. The fourth-order valence-corrected chi connectivity index (χ4v) is 4.81. The normalized spacial score (nSPS) is 28.0. The van der Waals surface area contributed by atoms with Gasteiger partial charge in [-0.15, -0.1) is 0 Å². The number of benzene rings is 2. The molecule has 2 aliphatic rings. The zero-order valence-corrected chi connectivity index (χ0v) is 20.8. The summed E-state index contributed by atoms with van der Waals surface area (Å²) in [5.41, 5.74) is 2.31. The van der Waals surface area contributed by atoms with Crippen LogP contribution >= 0.6 is 0 Å². The van der Waals surface area contributed by atoms with Crippen molar-refractivity contribution in [1.29, 1.82) is 0 Å². The number of ether oxygens (including phenoxy) is 4. The minimum Gasteiger partial charge on any atom is -0.504 e. The van der Waals surface area contributed by atoms with Gasteiger partial charge in [0.1, 0.15) is 30.2 Å². The average molecular weight is 524 g/mol. The van der Waals surface area contributed by atoms with Gasteiger partial charge >= 0.3 is 0 Å². The minimum absolute atomic E-state index is 0.0313. The van der Waals surface area contributed by atoms with Gasteiger partial charge in [-0.3, -0.25) is 0 Å². The molecule has 0 aromatic heterocycles. The minimum atomic E-state index is -1.63. The topological polar surface area (TPSA) is 171 Å². The monoisotopic (exact) mass is 523 g/mol. The highest BCUT2D eigenvalue weighted by Crippen LogP contribution is 2.42. The van der Waals surface area contributed by atoms with Crippen LogP contribution in [0.15, 0.2) is 24.3 Å². The standard InChI is InChI=1S/C25H33NO11/c1-33-19-8-13(6-15-14-9-20(34-2)16(28)7-12(14)4-5-26(15)35-3)18(10-17(19)29)36-25-24(32)23(31)22(30)21(11-27)37-25/h7-10,15,21-25,27-32H,4-6,11H2,1-3H3/t15?,21-,22-,23+,24-,25-/m1/s1. The van der Waals surface area contributed by atoms with Crippen LogP contribution in [0.1, 0.15) is 22.7 Å². The van der Waals surface area contributed by atoms with E-state index in [1.807, 2.05) is 0 Å². The van der Waals surface area contributed by atoms with Gasteiger partial charge in [-0.25, -0.2) is 0 Å². The molecule has 0 amide bonds. The van der Waals surface area contributed by atoms with Gasteiger partial charge in [0.2, 0.25) is 6.29 Å². The number of phenols is 2. The van der Waals surface area contributed by atoms with E-state index in [4.69, 9.17) is 23.8 Å². The molecule has 2 heterocycles. The highest BCUT2D eigenvalue weighted by atomic mass is 16.7. The molecule has 2 aromatic rings. The molecule has 2 aliphatic heterocycles. The summed E-state index contributed by atoms with van der Waals surface area (Å²) in [7, 11) is 4.42. The summed E-state index contributed by atoms with van der Waals surface area (Å²) >= 11 is 0. The Morgan fingerprint density at radius 1 is 0.892 bits per heavy atom. The second-order valence-corrected chi connectivity index (χ2v) is 8.96. The van der Waals surface area contributed by atoms with Gasteiger partial charge in [0.05, 0.1) is 34.0 Å². The van der Waals surface area contributed by atoms with E-state index in [1.165, 1.54) is 20.3 Å². The quantitative estimate of drug-likeness (QED) is 0.274. The van der Waals surface area contributed by atoms with Crippen LogP contribution in [0.3, 0.4) is 0 Å². The molecule has 0 aliphatic carbocycles. The summed E-state index contributed by atoms with van der Waals surface area (Å²) in [6.07, 6.45) is -6.50. The third kappa shape index (κ3) is 5.27. The van der Waals surface area contributed by atoms with E-state index in [-0.39, 0.29) is 35.5 Å². The third-order valence-electron chi connectivity index (χ3n) is 6.85. The Hall–Kier alpha value is -2.84. The molecule has 0 spiro atoms. The Bertz CT molecular complexity index is 1090. The van der Waals surface area contributed by atoms with E-state index in [9.17, 15) is 30.6 Å². The third-order valence-corrected chi connectivity index (χ3v) is 6.85. The molecule has 1 saturated heterocycles. The Morgan fingerprint density at radius 3 is 2.22 bits per heavy atom. The van der Waals surface area contributed by atoms with Gasteiger partial charge in [-0.1, -0.05) is 0 Å². The molecule has 1 unspecified atom stereocenters. The van der Waals surface area contributed by atoms with Crippen LogP contribution in [-0.2, 0) is 22.4 Å². The van der Waals surface area contributed by atoms with E-state index in [2.05, 4.69) is 0 Å². The van der Waals surface area contributed by atoms with Crippen LogP contribution < -0.4 is 14.2 Å². The van der Waals surface area contributed by atoms with Crippen molar-refractivity contribution in [2.45, 2.75) is 49.6 Å². The first kappa shape index (κ1) is 27.2. The van der Waals surface area contributed by atoms with Crippen molar-refractivity contribution >= 4 is 0 Å². The van der Waals surface area contributed by atoms with Crippen molar-refractivity contribution in [1.82, 2.24) is 5.06 Å². The number of rotatable bonds is 8. The molecule has 0 radical (unpaired) electrons. The number of aromatic hydroxyl groups is 2. The van der Waals surface area contributed by atoms with Crippen molar-refractivity contribution in [3.63, 3.8) is 0 Å². The van der Waals surface area contributed by atoms with Gasteiger partial charge in [0.15, 0.2) is 23.0 Å². The number of aliphatic hydroxyl groups excluding tert-OH is 4. The fourth-order valence-electron chi connectivity index (χ4n) is 4.81. The number of hydroxylamine groups is 2. The molecule has 204 valence electrons. The lowest BCUT2D eigenvalue weighted by molar-refractivity contribution is -0.277. The zero-order valence-electron chi connectivity index (χ0n) is 20.8. The molecule has 6 atom stereocenters. The van der Waals surface area contributed by atoms with Gasteiger partial charge in [-0.2, -0.15) is 5.06 Å². The molecular weight excluding hydrogens is 490 g/mol. The van der Waals surface area contributed by atoms with Crippen LogP contribution in [0.4, 0.5) is 0 Å². The molecule has 4 rings (SSSR count). The van der Waals surface area contributed by atoms with E-state index in [0.29, 0.717) is 24.3 Å². The van der Waals surface area contributed by atoms with Crippen LogP contribution in [0, 0.1) is 0 Å². The number of methoxy groups -OCH3 is 2. The summed E-state index contributed by atoms with van der Waals surface area (Å²) in [6, 6.07) is 5.92. The summed E-state index contributed by atoms with van der Waals surface area (Å²) < 4.78 is 22.0. The van der Waals surface area contributed by atoms with E-state index in [0.717, 1.165) is 11.1 Å². The maximum absolute atomic E-state index is 10.5. The van der Waals surface area contributed by atoms with E-state index >= 15 is 0 Å². The second-order valence-electron chi connectivity index (χ2n) is 8.96.